The maximum Gasteiger partial charge on any atom is 0.320 e. The highest BCUT2D eigenvalue weighted by Crippen LogP contribution is 2.29. The number of hydrogen-bond donors (Lipinski definition) is 2. The average Bonchev–Trinajstić information content (AvgIpc) is 2.71. The van der Waals surface area contributed by atoms with Crippen LogP contribution < -0.4 is 10.6 Å². The lowest BCUT2D eigenvalue weighted by Gasteiger charge is -2.16. The lowest BCUT2D eigenvalue weighted by atomic mass is 10.0. The number of nitrogens with two attached hydrogens (primary N) is 1. The summed E-state index contributed by atoms with van der Waals surface area (Å²) in [5, 5.41) is 8.79. The van der Waals surface area contributed by atoms with Gasteiger partial charge in [-0.15, -0.1) is 0 Å². The van der Waals surface area contributed by atoms with Gasteiger partial charge in [0.2, 0.25) is 5.91 Å². The molecule has 1 heterocycles. The Labute approximate surface area is 105 Å². The SMILES string of the molecule is CC(=O)N1CCc2ccc(CC(N)C(=O)O)cc21. The van der Waals surface area contributed by atoms with Gasteiger partial charge in [0, 0.05) is 19.2 Å². The summed E-state index contributed by atoms with van der Waals surface area (Å²) in [6.07, 6.45) is 1.12. The standard InChI is InChI=1S/C13H16N2O3/c1-8(16)15-5-4-10-3-2-9(7-12(10)15)6-11(14)13(17)18/h2-3,7,11H,4-6,14H2,1H3,(H,17,18). The van der Waals surface area contributed by atoms with Gasteiger partial charge in [-0.1, -0.05) is 12.1 Å². The molecule has 0 aliphatic carbocycles. The third-order valence-corrected chi connectivity index (χ3v) is 3.20. The molecule has 2 rings (SSSR count). The van der Waals surface area contributed by atoms with Crippen molar-refractivity contribution in [3.63, 3.8) is 0 Å². The average molecular weight is 248 g/mol. The number of carbonyl (C=O) groups is 2. The smallest absolute Gasteiger partial charge is 0.320 e. The normalized spacial score (nSPS) is 15.3. The van der Waals surface area contributed by atoms with Crippen molar-refractivity contribution < 1.29 is 14.7 Å². The van der Waals surface area contributed by atoms with Gasteiger partial charge in [0.25, 0.3) is 0 Å². The molecule has 0 aromatic heterocycles. The molecule has 1 amide bonds. The minimum absolute atomic E-state index is 0.00781. The van der Waals surface area contributed by atoms with Gasteiger partial charge in [0.05, 0.1) is 0 Å². The van der Waals surface area contributed by atoms with Gasteiger partial charge in [0.15, 0.2) is 0 Å². The number of nitrogens with zero attached hydrogens (tertiary/aromatic N) is 1. The topological polar surface area (TPSA) is 83.6 Å². The van der Waals surface area contributed by atoms with E-state index in [1.807, 2.05) is 18.2 Å². The quantitative estimate of drug-likeness (QED) is 0.818. The van der Waals surface area contributed by atoms with E-state index < -0.39 is 12.0 Å². The Bertz CT molecular complexity index is 499. The Morgan fingerprint density at radius 1 is 1.50 bits per heavy atom. The summed E-state index contributed by atoms with van der Waals surface area (Å²) < 4.78 is 0. The molecule has 1 aliphatic rings. The Morgan fingerprint density at radius 2 is 2.22 bits per heavy atom. The molecular weight excluding hydrogens is 232 g/mol. The summed E-state index contributed by atoms with van der Waals surface area (Å²) in [6, 6.07) is 4.79. The molecule has 0 spiro atoms. The monoisotopic (exact) mass is 248 g/mol. The van der Waals surface area contributed by atoms with Crippen molar-refractivity contribution in [1.82, 2.24) is 0 Å². The highest BCUT2D eigenvalue weighted by atomic mass is 16.4. The summed E-state index contributed by atoms with van der Waals surface area (Å²) in [4.78, 5) is 23.9. The molecule has 0 radical (unpaired) electrons. The minimum Gasteiger partial charge on any atom is -0.480 e. The predicted octanol–water partition coefficient (Wildman–Crippen LogP) is 0.550. The van der Waals surface area contributed by atoms with Crippen LogP contribution in [0.25, 0.3) is 0 Å². The summed E-state index contributed by atoms with van der Waals surface area (Å²) in [5.41, 5.74) is 8.36. The van der Waals surface area contributed by atoms with Crippen molar-refractivity contribution in [3.05, 3.63) is 29.3 Å². The molecule has 5 heteroatoms. The highest BCUT2D eigenvalue weighted by molar-refractivity contribution is 5.93. The van der Waals surface area contributed by atoms with E-state index in [0.717, 1.165) is 23.2 Å². The third kappa shape index (κ3) is 2.36. The Morgan fingerprint density at radius 3 is 2.83 bits per heavy atom. The lowest BCUT2D eigenvalue weighted by molar-refractivity contribution is -0.138. The number of benzene rings is 1. The van der Waals surface area contributed by atoms with E-state index in [4.69, 9.17) is 10.8 Å². The second-order valence-corrected chi connectivity index (χ2v) is 4.53. The molecule has 18 heavy (non-hydrogen) atoms. The molecule has 96 valence electrons. The zero-order valence-electron chi connectivity index (χ0n) is 10.2. The summed E-state index contributed by atoms with van der Waals surface area (Å²) in [5.74, 6) is -1.01. The number of carboxylic acid groups (broad SMARTS) is 1. The fraction of sp³-hybridized carbons (Fsp3) is 0.385. The third-order valence-electron chi connectivity index (χ3n) is 3.20. The molecule has 5 nitrogen and oxygen atoms in total. The molecule has 1 atom stereocenters. The van der Waals surface area contributed by atoms with Gasteiger partial charge in [-0.25, -0.2) is 0 Å². The van der Waals surface area contributed by atoms with E-state index in [9.17, 15) is 9.59 Å². The number of carboxylic acids is 1. The van der Waals surface area contributed by atoms with E-state index in [1.165, 1.54) is 6.92 Å². The summed E-state index contributed by atoms with van der Waals surface area (Å²) in [7, 11) is 0. The number of rotatable bonds is 3. The van der Waals surface area contributed by atoms with E-state index >= 15 is 0 Å². The van der Waals surface area contributed by atoms with E-state index in [0.29, 0.717) is 6.54 Å². The molecule has 3 N–H and O–H groups in total. The second kappa shape index (κ2) is 4.78. The number of aliphatic carboxylic acids is 1. The molecule has 0 saturated heterocycles. The van der Waals surface area contributed by atoms with Crippen molar-refractivity contribution in [1.29, 1.82) is 0 Å². The fourth-order valence-corrected chi connectivity index (χ4v) is 2.22. The summed E-state index contributed by atoms with van der Waals surface area (Å²) in [6.45, 7) is 2.23. The van der Waals surface area contributed by atoms with Crippen LogP contribution >= 0.6 is 0 Å². The van der Waals surface area contributed by atoms with Crippen molar-refractivity contribution in [2.75, 3.05) is 11.4 Å². The molecule has 1 aromatic rings. The van der Waals surface area contributed by atoms with Crippen LogP contribution in [0.15, 0.2) is 18.2 Å². The first-order chi connectivity index (χ1) is 8.49. The Hall–Kier alpha value is -1.88. The molecule has 0 fully saturated rings. The molecule has 0 bridgehead atoms. The first-order valence-electron chi connectivity index (χ1n) is 5.87. The maximum atomic E-state index is 11.5. The first kappa shape index (κ1) is 12.6. The lowest BCUT2D eigenvalue weighted by Crippen LogP contribution is -2.32. The molecule has 1 unspecified atom stereocenters. The van der Waals surface area contributed by atoms with Gasteiger partial charge in [-0.05, 0) is 30.0 Å². The zero-order valence-corrected chi connectivity index (χ0v) is 10.2. The second-order valence-electron chi connectivity index (χ2n) is 4.53. The number of hydrogen-bond acceptors (Lipinski definition) is 3. The minimum atomic E-state index is -1.01. The number of fused-ring (bicyclic) bond motifs is 1. The van der Waals surface area contributed by atoms with E-state index in [2.05, 4.69) is 0 Å². The fourth-order valence-electron chi connectivity index (χ4n) is 2.22. The molecule has 0 saturated carbocycles. The maximum absolute atomic E-state index is 11.5. The van der Waals surface area contributed by atoms with Crippen LogP contribution in [0.1, 0.15) is 18.1 Å². The van der Waals surface area contributed by atoms with Crippen LogP contribution in [0.3, 0.4) is 0 Å². The largest absolute Gasteiger partial charge is 0.480 e. The van der Waals surface area contributed by atoms with Gasteiger partial charge < -0.3 is 15.7 Å². The van der Waals surface area contributed by atoms with Crippen LogP contribution in [-0.4, -0.2) is 29.6 Å². The van der Waals surface area contributed by atoms with Crippen LogP contribution in [-0.2, 0) is 22.4 Å². The van der Waals surface area contributed by atoms with Crippen molar-refractivity contribution in [2.24, 2.45) is 5.73 Å². The van der Waals surface area contributed by atoms with Crippen LogP contribution in [0.4, 0.5) is 5.69 Å². The predicted molar refractivity (Wildman–Crippen MR) is 67.5 cm³/mol. The van der Waals surface area contributed by atoms with E-state index in [-0.39, 0.29) is 12.3 Å². The summed E-state index contributed by atoms with van der Waals surface area (Å²) >= 11 is 0. The zero-order chi connectivity index (χ0) is 13.3. The molecular formula is C13H16N2O3. The van der Waals surface area contributed by atoms with Crippen LogP contribution in [0.2, 0.25) is 0 Å². The number of anilines is 1. The Balaban J connectivity index is 2.24. The van der Waals surface area contributed by atoms with Gasteiger partial charge in [0.1, 0.15) is 6.04 Å². The van der Waals surface area contributed by atoms with Crippen LogP contribution in [0.5, 0.6) is 0 Å². The van der Waals surface area contributed by atoms with Crippen molar-refractivity contribution in [3.8, 4) is 0 Å². The van der Waals surface area contributed by atoms with Gasteiger partial charge in [-0.2, -0.15) is 0 Å². The highest BCUT2D eigenvalue weighted by Gasteiger charge is 2.23. The van der Waals surface area contributed by atoms with Crippen LogP contribution in [0, 0.1) is 0 Å². The van der Waals surface area contributed by atoms with Gasteiger partial charge >= 0.3 is 5.97 Å². The Kier molecular flexibility index (Phi) is 3.34. The van der Waals surface area contributed by atoms with Crippen molar-refractivity contribution >= 4 is 17.6 Å². The van der Waals surface area contributed by atoms with Crippen molar-refractivity contribution in [2.45, 2.75) is 25.8 Å². The molecule has 1 aromatic carbocycles. The molecule has 1 aliphatic heterocycles. The number of carbonyl (C=O) groups excluding carboxylic acids is 1. The first-order valence-corrected chi connectivity index (χ1v) is 5.87. The van der Waals surface area contributed by atoms with Gasteiger partial charge in [-0.3, -0.25) is 9.59 Å². The number of amides is 1. The van der Waals surface area contributed by atoms with E-state index in [1.54, 1.807) is 4.90 Å².